The van der Waals surface area contributed by atoms with Gasteiger partial charge in [-0.2, -0.15) is 4.90 Å². The Kier molecular flexibility index (Phi) is 4.45. The summed E-state index contributed by atoms with van der Waals surface area (Å²) in [6, 6.07) is 7.42. The molecule has 0 bridgehead atoms. The molecule has 0 aromatic heterocycles. The van der Waals surface area contributed by atoms with Gasteiger partial charge in [0.05, 0.1) is 7.11 Å². The summed E-state index contributed by atoms with van der Waals surface area (Å²) < 4.78 is 4.93. The Labute approximate surface area is 76.7 Å². The molecule has 0 spiro atoms. The second-order valence-electron chi connectivity index (χ2n) is 1.68. The Morgan fingerprint density at radius 2 is 2.10 bits per heavy atom. The van der Waals surface area contributed by atoms with Crippen LogP contribution in [0.15, 0.2) is 29.2 Å². The molecule has 0 aliphatic heterocycles. The van der Waals surface area contributed by atoms with E-state index in [0.717, 1.165) is 10.6 Å². The standard InChI is InChI=1S/C7H8OS.Cu/c1-8-6-3-2-4-7(9)5-6;/h2-5,9H,1H3;/q;+1/p-1. The SMILES string of the molecule is COc1cccc([S-])c1.[Cu+]. The van der Waals surface area contributed by atoms with Gasteiger partial charge in [0.15, 0.2) is 0 Å². The third kappa shape index (κ3) is 2.56. The van der Waals surface area contributed by atoms with Crippen LogP contribution in [0.2, 0.25) is 0 Å². The van der Waals surface area contributed by atoms with E-state index in [-0.39, 0.29) is 17.1 Å². The van der Waals surface area contributed by atoms with E-state index in [4.69, 9.17) is 17.4 Å². The second-order valence-corrected chi connectivity index (χ2v) is 2.15. The molecule has 0 radical (unpaired) electrons. The Morgan fingerprint density at radius 1 is 1.40 bits per heavy atom. The molecular formula is C7H7CuOS. The van der Waals surface area contributed by atoms with E-state index in [9.17, 15) is 0 Å². The minimum atomic E-state index is 0. The topological polar surface area (TPSA) is 9.23 Å². The van der Waals surface area contributed by atoms with Crippen molar-refractivity contribution in [1.29, 1.82) is 0 Å². The van der Waals surface area contributed by atoms with E-state index in [1.165, 1.54) is 0 Å². The second kappa shape index (κ2) is 4.56. The van der Waals surface area contributed by atoms with Crippen molar-refractivity contribution in [2.24, 2.45) is 0 Å². The maximum Gasteiger partial charge on any atom is 1.00 e. The number of ether oxygens (including phenoxy) is 1. The number of rotatable bonds is 1. The fraction of sp³-hybridized carbons (Fsp3) is 0.143. The Hall–Kier alpha value is -0.241. The number of methoxy groups -OCH3 is 1. The molecule has 0 amide bonds. The fourth-order valence-corrected chi connectivity index (χ4v) is 0.796. The number of hydrogen-bond donors (Lipinski definition) is 0. The van der Waals surface area contributed by atoms with Crippen molar-refractivity contribution < 1.29 is 21.8 Å². The van der Waals surface area contributed by atoms with Crippen molar-refractivity contribution in [3.8, 4) is 5.75 Å². The van der Waals surface area contributed by atoms with Crippen LogP contribution >= 0.6 is 0 Å². The smallest absolute Gasteiger partial charge is 0.780 e. The first kappa shape index (κ1) is 9.76. The Balaban J connectivity index is 0.000000810. The molecule has 0 N–H and O–H groups in total. The van der Waals surface area contributed by atoms with E-state index >= 15 is 0 Å². The maximum absolute atomic E-state index is 4.93. The van der Waals surface area contributed by atoms with Gasteiger partial charge in [0.2, 0.25) is 0 Å². The molecule has 0 saturated heterocycles. The molecule has 0 unspecified atom stereocenters. The van der Waals surface area contributed by atoms with Crippen LogP contribution in [-0.4, -0.2) is 7.11 Å². The van der Waals surface area contributed by atoms with E-state index < -0.39 is 0 Å². The average molecular weight is 203 g/mol. The van der Waals surface area contributed by atoms with E-state index in [0.29, 0.717) is 0 Å². The van der Waals surface area contributed by atoms with E-state index in [1.54, 1.807) is 7.11 Å². The van der Waals surface area contributed by atoms with Crippen LogP contribution in [0.25, 0.3) is 0 Å². The zero-order valence-corrected chi connectivity index (χ0v) is 7.19. The molecule has 1 rings (SSSR count). The normalized spacial score (nSPS) is 8.10. The molecule has 1 aromatic carbocycles. The van der Waals surface area contributed by atoms with Gasteiger partial charge in [0.1, 0.15) is 5.75 Å². The van der Waals surface area contributed by atoms with Crippen molar-refractivity contribution in [2.75, 3.05) is 7.11 Å². The van der Waals surface area contributed by atoms with Crippen LogP contribution < -0.4 is 4.74 Å². The van der Waals surface area contributed by atoms with Crippen LogP contribution in [0.3, 0.4) is 0 Å². The quantitative estimate of drug-likeness (QED) is 0.506. The van der Waals surface area contributed by atoms with Crippen molar-refractivity contribution >= 4 is 12.6 Å². The molecule has 58 valence electrons. The molecule has 1 nitrogen and oxygen atoms in total. The van der Waals surface area contributed by atoms with Gasteiger partial charge in [-0.3, -0.25) is 0 Å². The molecule has 0 fully saturated rings. The van der Waals surface area contributed by atoms with Crippen molar-refractivity contribution in [2.45, 2.75) is 4.90 Å². The largest absolute Gasteiger partial charge is 1.00 e. The number of benzene rings is 1. The summed E-state index contributed by atoms with van der Waals surface area (Å²) in [5.74, 6) is 0.822. The first-order valence-corrected chi connectivity index (χ1v) is 3.05. The van der Waals surface area contributed by atoms with E-state index in [2.05, 4.69) is 0 Å². The summed E-state index contributed by atoms with van der Waals surface area (Å²) in [4.78, 5) is 0.814. The summed E-state index contributed by atoms with van der Waals surface area (Å²) in [5, 5.41) is 0. The Bertz CT molecular complexity index is 203. The first-order chi connectivity index (χ1) is 4.33. The average Bonchev–Trinajstić information content (AvgIpc) is 1.88. The summed E-state index contributed by atoms with van der Waals surface area (Å²) in [6.07, 6.45) is 0. The van der Waals surface area contributed by atoms with Gasteiger partial charge >= 0.3 is 17.1 Å². The molecule has 0 aliphatic carbocycles. The summed E-state index contributed by atoms with van der Waals surface area (Å²) in [5.41, 5.74) is 0. The van der Waals surface area contributed by atoms with Crippen molar-refractivity contribution in [3.63, 3.8) is 0 Å². The molecule has 3 heteroatoms. The first-order valence-electron chi connectivity index (χ1n) is 2.64. The minimum Gasteiger partial charge on any atom is -0.780 e. The zero-order valence-electron chi connectivity index (χ0n) is 5.43. The fourth-order valence-electron chi connectivity index (χ4n) is 0.601. The van der Waals surface area contributed by atoms with Gasteiger partial charge in [-0.1, -0.05) is 12.1 Å². The van der Waals surface area contributed by atoms with Crippen molar-refractivity contribution in [1.82, 2.24) is 0 Å². The van der Waals surface area contributed by atoms with E-state index in [1.807, 2.05) is 24.3 Å². The van der Waals surface area contributed by atoms with Gasteiger partial charge in [-0.15, -0.1) is 0 Å². The summed E-state index contributed by atoms with van der Waals surface area (Å²) >= 11 is 4.89. The predicted molar refractivity (Wildman–Crippen MR) is 38.6 cm³/mol. The molecular weight excluding hydrogens is 196 g/mol. The monoisotopic (exact) mass is 202 g/mol. The van der Waals surface area contributed by atoms with Crippen LogP contribution in [0.4, 0.5) is 0 Å². The van der Waals surface area contributed by atoms with Gasteiger partial charge < -0.3 is 17.4 Å². The maximum atomic E-state index is 4.93. The van der Waals surface area contributed by atoms with Crippen LogP contribution in [0, 0.1) is 0 Å². The molecule has 10 heavy (non-hydrogen) atoms. The van der Waals surface area contributed by atoms with Gasteiger partial charge in [0.25, 0.3) is 0 Å². The van der Waals surface area contributed by atoms with Crippen LogP contribution in [-0.2, 0) is 29.7 Å². The molecule has 0 saturated carbocycles. The predicted octanol–water partition coefficient (Wildman–Crippen LogP) is 1.60. The number of hydrogen-bond acceptors (Lipinski definition) is 2. The zero-order chi connectivity index (χ0) is 6.69. The molecule has 0 atom stereocenters. The van der Waals surface area contributed by atoms with Crippen molar-refractivity contribution in [3.05, 3.63) is 24.3 Å². The van der Waals surface area contributed by atoms with Gasteiger partial charge in [-0.25, -0.2) is 0 Å². The minimum absolute atomic E-state index is 0. The third-order valence-corrected chi connectivity index (χ3v) is 1.30. The molecule has 0 heterocycles. The molecule has 0 aliphatic rings. The summed E-state index contributed by atoms with van der Waals surface area (Å²) in [7, 11) is 1.63. The van der Waals surface area contributed by atoms with Crippen LogP contribution in [0.5, 0.6) is 5.75 Å². The van der Waals surface area contributed by atoms with Gasteiger partial charge in [0, 0.05) is 0 Å². The Morgan fingerprint density at radius 3 is 2.50 bits per heavy atom. The van der Waals surface area contributed by atoms with Crippen LogP contribution in [0.1, 0.15) is 0 Å². The summed E-state index contributed by atoms with van der Waals surface area (Å²) in [6.45, 7) is 0. The third-order valence-electron chi connectivity index (χ3n) is 1.04. The molecule has 1 aromatic rings. The van der Waals surface area contributed by atoms with Gasteiger partial charge in [-0.05, 0) is 12.1 Å².